The predicted octanol–water partition coefficient (Wildman–Crippen LogP) is 12.8. The van der Waals surface area contributed by atoms with Gasteiger partial charge in [0.15, 0.2) is 0 Å². The molecule has 6 atom stereocenters. The van der Waals surface area contributed by atoms with E-state index in [4.69, 9.17) is 0 Å². The lowest BCUT2D eigenvalue weighted by Crippen LogP contribution is -2.22. The lowest BCUT2D eigenvalue weighted by molar-refractivity contribution is 0.189. The van der Waals surface area contributed by atoms with E-state index in [9.17, 15) is 0 Å². The summed E-state index contributed by atoms with van der Waals surface area (Å²) < 4.78 is 0. The highest BCUT2D eigenvalue weighted by molar-refractivity contribution is 4.75. The summed E-state index contributed by atoms with van der Waals surface area (Å²) in [5, 5.41) is 0. The van der Waals surface area contributed by atoms with E-state index < -0.39 is 0 Å². The van der Waals surface area contributed by atoms with Crippen LogP contribution in [0.15, 0.2) is 0 Å². The fourth-order valence-electron chi connectivity index (χ4n) is 4.97. The first kappa shape index (κ1) is 40.2. The van der Waals surface area contributed by atoms with Crippen LogP contribution in [0, 0.1) is 41.4 Å². The van der Waals surface area contributed by atoms with E-state index in [0.29, 0.717) is 0 Å². The van der Waals surface area contributed by atoms with Crippen molar-refractivity contribution in [1.29, 1.82) is 0 Å². The van der Waals surface area contributed by atoms with Crippen molar-refractivity contribution < 1.29 is 0 Å². The summed E-state index contributed by atoms with van der Waals surface area (Å²) in [6.07, 6.45) is 15.6. The quantitative estimate of drug-likeness (QED) is 0.185. The van der Waals surface area contributed by atoms with Crippen molar-refractivity contribution in [3.05, 3.63) is 0 Å². The summed E-state index contributed by atoms with van der Waals surface area (Å²) in [5.41, 5.74) is 0. The molecule has 0 aliphatic carbocycles. The molecule has 0 nitrogen and oxygen atoms in total. The molecule has 0 aromatic heterocycles. The van der Waals surface area contributed by atoms with Crippen molar-refractivity contribution in [2.24, 2.45) is 41.4 Å². The predicted molar refractivity (Wildman–Crippen MR) is 160 cm³/mol. The highest BCUT2D eigenvalue weighted by Crippen LogP contribution is 2.34. The molecule has 33 heavy (non-hydrogen) atoms. The summed E-state index contributed by atoms with van der Waals surface area (Å²) in [6, 6.07) is 0. The van der Waals surface area contributed by atoms with Crippen LogP contribution < -0.4 is 0 Å². The van der Waals surface area contributed by atoms with Crippen LogP contribution in [0.4, 0.5) is 0 Å². The third-order valence-electron chi connectivity index (χ3n) is 7.94. The first-order valence-corrected chi connectivity index (χ1v) is 15.8. The second-order valence-corrected chi connectivity index (χ2v) is 10.4. The molecule has 0 aliphatic rings. The first-order valence-electron chi connectivity index (χ1n) is 15.8. The van der Waals surface area contributed by atoms with Gasteiger partial charge in [0, 0.05) is 0 Å². The Balaban J connectivity index is -0.000000642. The molecule has 0 N–H and O–H groups in total. The number of unbranched alkanes of at least 4 members (excludes halogenated alkanes) is 3. The zero-order valence-corrected chi connectivity index (χ0v) is 26.8. The van der Waals surface area contributed by atoms with Gasteiger partial charge in [-0.15, -0.1) is 0 Å². The topological polar surface area (TPSA) is 0 Å². The zero-order valence-electron chi connectivity index (χ0n) is 26.8. The molecular weight excluding hydrogens is 396 g/mol. The van der Waals surface area contributed by atoms with Gasteiger partial charge in [-0.2, -0.15) is 0 Å². The molecule has 0 aromatic carbocycles. The van der Waals surface area contributed by atoms with Gasteiger partial charge < -0.3 is 0 Å². The Labute approximate surface area is 215 Å². The smallest absolute Gasteiger partial charge is 0.0386 e. The minimum Gasteiger partial charge on any atom is -0.0683 e. The minimum atomic E-state index is 0.819. The highest BCUT2D eigenvalue weighted by Gasteiger charge is 2.24. The van der Waals surface area contributed by atoms with Crippen LogP contribution in [0.5, 0.6) is 0 Å². The van der Waals surface area contributed by atoms with E-state index in [-0.39, 0.29) is 0 Å². The molecule has 6 unspecified atom stereocenters. The molecule has 0 radical (unpaired) electrons. The average molecular weight is 471 g/mol. The summed E-state index contributed by atoms with van der Waals surface area (Å²) in [5.74, 6) is 6.23. The van der Waals surface area contributed by atoms with Gasteiger partial charge >= 0.3 is 0 Å². The van der Waals surface area contributed by atoms with Gasteiger partial charge in [-0.3, -0.25) is 0 Å². The molecule has 0 fully saturated rings. The highest BCUT2D eigenvalue weighted by atomic mass is 14.3. The molecule has 0 rings (SSSR count). The molecule has 0 saturated heterocycles. The van der Waals surface area contributed by atoms with E-state index in [0.717, 1.165) is 41.4 Å². The summed E-state index contributed by atoms with van der Waals surface area (Å²) in [7, 11) is 0. The Hall–Kier alpha value is 0. The average Bonchev–Trinajstić information content (AvgIpc) is 2.85. The molecule has 206 valence electrons. The maximum Gasteiger partial charge on any atom is -0.0386 e. The summed E-state index contributed by atoms with van der Waals surface area (Å²) in [6.45, 7) is 34.0. The van der Waals surface area contributed by atoms with Gasteiger partial charge in [-0.1, -0.05) is 168 Å². The lowest BCUT2D eigenvalue weighted by Gasteiger charge is -2.32. The maximum atomic E-state index is 2.55. The third-order valence-corrected chi connectivity index (χ3v) is 7.94. The lowest BCUT2D eigenvalue weighted by atomic mass is 9.74. The number of hydrogen-bond donors (Lipinski definition) is 0. The number of rotatable bonds is 17. The second kappa shape index (κ2) is 30.0. The van der Waals surface area contributed by atoms with E-state index in [1.165, 1.54) is 70.6 Å². The molecule has 0 aromatic rings. The normalized spacial score (nSPS) is 16.0. The fraction of sp³-hybridized carbons (Fsp3) is 1.00. The Morgan fingerprint density at radius 2 is 0.970 bits per heavy atom. The standard InChI is InChI=1S/C27H56.3C2H6/c1-10-13-14-15-17-27(16-11-2)23(7)19-18-22(6)24(8)20-26(12-3)25(9)21(4)5;3*1-2/h21-27H,10-20H2,1-9H3;3*1-2H3. The van der Waals surface area contributed by atoms with Crippen LogP contribution in [-0.4, -0.2) is 0 Å². The first-order chi connectivity index (χ1) is 15.8. The monoisotopic (exact) mass is 471 g/mol. The second-order valence-electron chi connectivity index (χ2n) is 10.4. The van der Waals surface area contributed by atoms with E-state index in [1.807, 2.05) is 41.5 Å². The molecule has 0 heterocycles. The van der Waals surface area contributed by atoms with Gasteiger partial charge in [0.05, 0.1) is 0 Å². The number of hydrogen-bond acceptors (Lipinski definition) is 0. The molecule has 0 heteroatoms. The fourth-order valence-corrected chi connectivity index (χ4v) is 4.97. The van der Waals surface area contributed by atoms with Crippen molar-refractivity contribution in [3.63, 3.8) is 0 Å². The molecular formula is C33H74. The van der Waals surface area contributed by atoms with Gasteiger partial charge in [0.1, 0.15) is 0 Å². The van der Waals surface area contributed by atoms with Crippen molar-refractivity contribution in [1.82, 2.24) is 0 Å². The SMILES string of the molecule is CC.CC.CC.CCCCCCC(CCC)C(C)CCC(C)C(C)CC(CC)C(C)C(C)C. The van der Waals surface area contributed by atoms with Gasteiger partial charge in [-0.05, 0) is 47.8 Å². The third kappa shape index (κ3) is 22.2. The van der Waals surface area contributed by atoms with Gasteiger partial charge in [0.2, 0.25) is 0 Å². The van der Waals surface area contributed by atoms with Crippen LogP contribution >= 0.6 is 0 Å². The van der Waals surface area contributed by atoms with E-state index >= 15 is 0 Å². The van der Waals surface area contributed by atoms with Crippen LogP contribution in [0.1, 0.15) is 174 Å². The van der Waals surface area contributed by atoms with Crippen LogP contribution in [0.25, 0.3) is 0 Å². The van der Waals surface area contributed by atoms with Crippen LogP contribution in [-0.2, 0) is 0 Å². The van der Waals surface area contributed by atoms with Crippen LogP contribution in [0.2, 0.25) is 0 Å². The Bertz CT molecular complexity index is 318. The largest absolute Gasteiger partial charge is 0.0683 e. The van der Waals surface area contributed by atoms with E-state index in [1.54, 1.807) is 0 Å². The Morgan fingerprint density at radius 1 is 0.455 bits per heavy atom. The van der Waals surface area contributed by atoms with Crippen LogP contribution in [0.3, 0.4) is 0 Å². The molecule has 0 aliphatic heterocycles. The molecule has 0 saturated carbocycles. The van der Waals surface area contributed by atoms with Crippen molar-refractivity contribution >= 4 is 0 Å². The van der Waals surface area contributed by atoms with Gasteiger partial charge in [-0.25, -0.2) is 0 Å². The minimum absolute atomic E-state index is 0.819. The van der Waals surface area contributed by atoms with Crippen molar-refractivity contribution in [3.8, 4) is 0 Å². The summed E-state index contributed by atoms with van der Waals surface area (Å²) >= 11 is 0. The van der Waals surface area contributed by atoms with Crippen molar-refractivity contribution in [2.45, 2.75) is 174 Å². The van der Waals surface area contributed by atoms with Gasteiger partial charge in [0.25, 0.3) is 0 Å². The Kier molecular flexibility index (Phi) is 36.6. The molecule has 0 spiro atoms. The molecule has 0 bridgehead atoms. The van der Waals surface area contributed by atoms with Crippen molar-refractivity contribution in [2.75, 3.05) is 0 Å². The zero-order chi connectivity index (χ0) is 26.8. The Morgan fingerprint density at radius 3 is 1.39 bits per heavy atom. The molecule has 0 amide bonds. The summed E-state index contributed by atoms with van der Waals surface area (Å²) in [4.78, 5) is 0. The van der Waals surface area contributed by atoms with E-state index in [2.05, 4.69) is 62.3 Å². The maximum absolute atomic E-state index is 2.55.